The van der Waals surface area contributed by atoms with Gasteiger partial charge in [0.25, 0.3) is 14.9 Å². The second-order valence-electron chi connectivity index (χ2n) is 7.47. The Balaban J connectivity index is 1.98. The molecule has 152 valence electrons. The molecule has 11 heteroatoms. The van der Waals surface area contributed by atoms with Crippen molar-refractivity contribution in [2.45, 2.75) is 48.6 Å². The molecule has 0 aliphatic heterocycles. The van der Waals surface area contributed by atoms with Crippen molar-refractivity contribution in [1.82, 2.24) is 14.8 Å². The average Bonchev–Trinajstić information content (AvgIpc) is 3.48. The Morgan fingerprint density at radius 2 is 1.68 bits per heavy atom. The van der Waals surface area contributed by atoms with Crippen molar-refractivity contribution in [3.05, 3.63) is 29.1 Å². The van der Waals surface area contributed by atoms with E-state index in [0.717, 1.165) is 35.9 Å². The molecule has 2 aromatic rings. The number of benzene rings is 1. The Morgan fingerprint density at radius 3 is 2.14 bits per heavy atom. The van der Waals surface area contributed by atoms with Crippen molar-refractivity contribution in [2.24, 2.45) is 0 Å². The Hall–Kier alpha value is -1.81. The van der Waals surface area contributed by atoms with Gasteiger partial charge >= 0.3 is 6.18 Å². The maximum absolute atomic E-state index is 13.2. The van der Waals surface area contributed by atoms with Gasteiger partial charge in [-0.15, -0.1) is 5.10 Å². The predicted molar refractivity (Wildman–Crippen MR) is 97.7 cm³/mol. The van der Waals surface area contributed by atoms with Crippen molar-refractivity contribution in [1.29, 1.82) is 0 Å². The van der Waals surface area contributed by atoms with E-state index in [0.29, 0.717) is 5.56 Å². The normalized spacial score (nSPS) is 17.8. The number of anilines is 1. The van der Waals surface area contributed by atoms with E-state index in [4.69, 9.17) is 10.7 Å². The molecule has 4 rings (SSSR count). The third kappa shape index (κ3) is 3.59. The smallest absolute Gasteiger partial charge is 0.347 e. The van der Waals surface area contributed by atoms with E-state index in [2.05, 4.69) is 10.1 Å². The molecule has 0 bridgehead atoms. The molecule has 0 saturated heterocycles. The number of halogens is 4. The number of rotatable bonds is 5. The Labute approximate surface area is 164 Å². The summed E-state index contributed by atoms with van der Waals surface area (Å²) in [5, 5.41) is 3.66. The first-order valence-corrected chi connectivity index (χ1v) is 11.1. The second-order valence-corrected chi connectivity index (χ2v) is 10.0. The third-order valence-corrected chi connectivity index (χ3v) is 6.31. The van der Waals surface area contributed by atoms with Gasteiger partial charge in [0, 0.05) is 24.8 Å². The molecule has 2 aliphatic rings. The summed E-state index contributed by atoms with van der Waals surface area (Å²) in [5.41, 5.74) is 1.70. The summed E-state index contributed by atoms with van der Waals surface area (Å²) in [6.07, 6.45) is -1.20. The van der Waals surface area contributed by atoms with Crippen LogP contribution in [0.25, 0.3) is 5.69 Å². The lowest BCUT2D eigenvalue weighted by Crippen LogP contribution is -2.16. The lowest BCUT2D eigenvalue weighted by molar-refractivity contribution is -0.144. The van der Waals surface area contributed by atoms with Gasteiger partial charge in [0.15, 0.2) is 0 Å². The summed E-state index contributed by atoms with van der Waals surface area (Å²) < 4.78 is 65.0. The van der Waals surface area contributed by atoms with Crippen LogP contribution in [0, 0.1) is 0 Å². The van der Waals surface area contributed by atoms with Crippen LogP contribution in [0.4, 0.5) is 19.1 Å². The molecule has 0 amide bonds. The molecule has 0 N–H and O–H groups in total. The molecule has 0 spiro atoms. The predicted octanol–water partition coefficient (Wildman–Crippen LogP) is 4.03. The molecule has 1 aromatic heterocycles. The van der Waals surface area contributed by atoms with E-state index >= 15 is 0 Å². The SMILES string of the molecule is CN(C)c1nc(C(F)(F)F)nn1-c1cc(S(=O)(=O)Cl)c(C2CC2)cc1C1CC1. The first-order valence-electron chi connectivity index (χ1n) is 8.81. The number of hydrogen-bond acceptors (Lipinski definition) is 5. The fourth-order valence-corrected chi connectivity index (χ4v) is 4.47. The van der Waals surface area contributed by atoms with Crippen molar-refractivity contribution in [2.75, 3.05) is 19.0 Å². The molecule has 6 nitrogen and oxygen atoms in total. The average molecular weight is 435 g/mol. The van der Waals surface area contributed by atoms with E-state index in [1.807, 2.05) is 0 Å². The number of hydrogen-bond donors (Lipinski definition) is 0. The van der Waals surface area contributed by atoms with E-state index in [-0.39, 0.29) is 28.4 Å². The van der Waals surface area contributed by atoms with Gasteiger partial charge in [0.1, 0.15) is 0 Å². The molecular formula is C17H18ClF3N4O2S. The summed E-state index contributed by atoms with van der Waals surface area (Å²) >= 11 is 0. The largest absolute Gasteiger partial charge is 0.453 e. The van der Waals surface area contributed by atoms with E-state index in [1.165, 1.54) is 11.0 Å². The van der Waals surface area contributed by atoms with Crippen LogP contribution in [0.5, 0.6) is 0 Å². The summed E-state index contributed by atoms with van der Waals surface area (Å²) in [6.45, 7) is 0. The van der Waals surface area contributed by atoms with Crippen molar-refractivity contribution in [3.63, 3.8) is 0 Å². The number of nitrogens with zero attached hydrogens (tertiary/aromatic N) is 4. The minimum Gasteiger partial charge on any atom is -0.347 e. The summed E-state index contributed by atoms with van der Waals surface area (Å²) in [7, 11) is 4.69. The van der Waals surface area contributed by atoms with E-state index < -0.39 is 21.1 Å². The van der Waals surface area contributed by atoms with E-state index in [1.54, 1.807) is 20.2 Å². The first kappa shape index (κ1) is 19.5. The van der Waals surface area contributed by atoms with Crippen LogP contribution in [0.2, 0.25) is 0 Å². The minimum atomic E-state index is -4.72. The lowest BCUT2D eigenvalue weighted by Gasteiger charge is -2.18. The quantitative estimate of drug-likeness (QED) is 0.664. The molecule has 28 heavy (non-hydrogen) atoms. The maximum atomic E-state index is 13.2. The van der Waals surface area contributed by atoms with Crippen molar-refractivity contribution < 1.29 is 21.6 Å². The highest BCUT2D eigenvalue weighted by atomic mass is 35.7. The van der Waals surface area contributed by atoms with Gasteiger partial charge < -0.3 is 4.90 Å². The van der Waals surface area contributed by atoms with Gasteiger partial charge in [0.2, 0.25) is 5.95 Å². The van der Waals surface area contributed by atoms with Crippen LogP contribution in [0.3, 0.4) is 0 Å². The Morgan fingerprint density at radius 1 is 1.11 bits per heavy atom. The van der Waals surface area contributed by atoms with Gasteiger partial charge in [-0.3, -0.25) is 0 Å². The van der Waals surface area contributed by atoms with Crippen molar-refractivity contribution >= 4 is 25.7 Å². The van der Waals surface area contributed by atoms with Crippen molar-refractivity contribution in [3.8, 4) is 5.69 Å². The van der Waals surface area contributed by atoms with Gasteiger partial charge in [-0.25, -0.2) is 8.42 Å². The van der Waals surface area contributed by atoms with Crippen LogP contribution in [-0.2, 0) is 15.2 Å². The van der Waals surface area contributed by atoms with Crippen LogP contribution >= 0.6 is 10.7 Å². The van der Waals surface area contributed by atoms with Crippen LogP contribution < -0.4 is 4.90 Å². The van der Waals surface area contributed by atoms with Gasteiger partial charge in [-0.05, 0) is 54.7 Å². The maximum Gasteiger partial charge on any atom is 0.453 e. The monoisotopic (exact) mass is 434 g/mol. The van der Waals surface area contributed by atoms with Gasteiger partial charge in [-0.2, -0.15) is 22.8 Å². The summed E-state index contributed by atoms with van der Waals surface area (Å²) in [4.78, 5) is 4.95. The standard InChI is InChI=1S/C17H18ClF3N4O2S/c1-24(2)16-22-15(17(19,20)21)23-25(16)13-8-14(28(18,26)27)12(10-5-6-10)7-11(13)9-3-4-9/h7-10H,3-6H2,1-2H3. The molecule has 0 unspecified atom stereocenters. The molecule has 2 saturated carbocycles. The fourth-order valence-electron chi connectivity index (χ4n) is 3.31. The Bertz CT molecular complexity index is 1040. The minimum absolute atomic E-state index is 0.0358. The van der Waals surface area contributed by atoms with Crippen LogP contribution in [0.15, 0.2) is 17.0 Å². The third-order valence-electron chi connectivity index (χ3n) is 4.93. The topological polar surface area (TPSA) is 68.1 Å². The fraction of sp³-hybridized carbons (Fsp3) is 0.529. The van der Waals surface area contributed by atoms with Crippen LogP contribution in [-0.4, -0.2) is 37.3 Å². The molecule has 2 aliphatic carbocycles. The molecule has 1 aromatic carbocycles. The van der Waals surface area contributed by atoms with Crippen LogP contribution in [0.1, 0.15) is 54.5 Å². The number of alkyl halides is 3. The lowest BCUT2D eigenvalue weighted by atomic mass is 10.0. The molecule has 1 heterocycles. The second kappa shape index (κ2) is 6.35. The highest BCUT2D eigenvalue weighted by molar-refractivity contribution is 8.13. The highest BCUT2D eigenvalue weighted by Crippen LogP contribution is 2.49. The highest BCUT2D eigenvalue weighted by Gasteiger charge is 2.39. The zero-order valence-electron chi connectivity index (χ0n) is 15.2. The summed E-state index contributed by atoms with van der Waals surface area (Å²) in [5.74, 6) is -1.04. The molecule has 2 fully saturated rings. The zero-order valence-corrected chi connectivity index (χ0v) is 16.7. The van der Waals surface area contributed by atoms with E-state index in [9.17, 15) is 21.6 Å². The zero-order chi connectivity index (χ0) is 20.4. The molecular weight excluding hydrogens is 417 g/mol. The summed E-state index contributed by atoms with van der Waals surface area (Å²) in [6, 6.07) is 3.14. The first-order chi connectivity index (χ1) is 13.0. The van der Waals surface area contributed by atoms with Gasteiger partial charge in [0.05, 0.1) is 10.6 Å². The molecule has 0 atom stereocenters. The number of aromatic nitrogens is 3. The Kier molecular flexibility index (Phi) is 4.42. The molecule has 0 radical (unpaired) electrons. The van der Waals surface area contributed by atoms with Gasteiger partial charge in [-0.1, -0.05) is 6.07 Å².